The topological polar surface area (TPSA) is 55.8 Å². The predicted octanol–water partition coefficient (Wildman–Crippen LogP) is 4.61. The standard InChI is InChI=1S/C26H25NO4/c1-27(2)25(28)24(20-14-8-5-9-15-20)31-26(29)22(19-12-6-4-7-13-19)18-21-16-10-11-17-23(21)30-3/h4-18,24H,1-3H3/b22-18+/t24-/m1/s1. The van der Waals surface area contributed by atoms with Crippen molar-refractivity contribution in [2.24, 2.45) is 0 Å². The number of rotatable bonds is 7. The van der Waals surface area contributed by atoms with E-state index < -0.39 is 12.1 Å². The van der Waals surface area contributed by atoms with E-state index in [9.17, 15) is 9.59 Å². The van der Waals surface area contributed by atoms with Crippen molar-refractivity contribution >= 4 is 23.5 Å². The first kappa shape index (κ1) is 21.8. The Bertz CT molecular complexity index is 1060. The smallest absolute Gasteiger partial charge is 0.339 e. The molecule has 0 heterocycles. The zero-order valence-corrected chi connectivity index (χ0v) is 17.8. The summed E-state index contributed by atoms with van der Waals surface area (Å²) in [5.41, 5.74) is 2.36. The lowest BCUT2D eigenvalue weighted by Gasteiger charge is -2.22. The Morgan fingerprint density at radius 3 is 2.03 bits per heavy atom. The van der Waals surface area contributed by atoms with Crippen LogP contribution < -0.4 is 4.74 Å². The third-order valence-electron chi connectivity index (χ3n) is 4.74. The van der Waals surface area contributed by atoms with E-state index in [1.54, 1.807) is 39.4 Å². The lowest BCUT2D eigenvalue weighted by atomic mass is 10.0. The molecule has 5 nitrogen and oxygen atoms in total. The van der Waals surface area contributed by atoms with Gasteiger partial charge in [-0.25, -0.2) is 4.79 Å². The van der Waals surface area contributed by atoms with Gasteiger partial charge in [0.15, 0.2) is 0 Å². The predicted molar refractivity (Wildman–Crippen MR) is 121 cm³/mol. The van der Waals surface area contributed by atoms with E-state index in [2.05, 4.69) is 0 Å². The van der Waals surface area contributed by atoms with Crippen LogP contribution in [0, 0.1) is 0 Å². The van der Waals surface area contributed by atoms with Crippen LogP contribution in [0.4, 0.5) is 0 Å². The summed E-state index contributed by atoms with van der Waals surface area (Å²) >= 11 is 0. The van der Waals surface area contributed by atoms with E-state index in [4.69, 9.17) is 9.47 Å². The van der Waals surface area contributed by atoms with Crippen molar-refractivity contribution < 1.29 is 19.1 Å². The van der Waals surface area contributed by atoms with Crippen molar-refractivity contribution in [2.45, 2.75) is 6.10 Å². The Morgan fingerprint density at radius 2 is 1.42 bits per heavy atom. The summed E-state index contributed by atoms with van der Waals surface area (Å²) in [4.78, 5) is 27.6. The van der Waals surface area contributed by atoms with Crippen molar-refractivity contribution in [3.05, 3.63) is 102 Å². The minimum absolute atomic E-state index is 0.316. The third-order valence-corrected chi connectivity index (χ3v) is 4.74. The number of nitrogens with zero attached hydrogens (tertiary/aromatic N) is 1. The van der Waals surface area contributed by atoms with E-state index in [1.807, 2.05) is 72.8 Å². The molecule has 0 N–H and O–H groups in total. The summed E-state index contributed by atoms with van der Waals surface area (Å²) in [5, 5.41) is 0. The van der Waals surface area contributed by atoms with Gasteiger partial charge in [-0.05, 0) is 17.7 Å². The van der Waals surface area contributed by atoms with Crippen LogP contribution in [0.5, 0.6) is 5.75 Å². The SMILES string of the molecule is COc1ccccc1/C=C(/C(=O)O[C@@H](C(=O)N(C)C)c1ccccc1)c1ccccc1. The van der Waals surface area contributed by atoms with Crippen LogP contribution in [0.15, 0.2) is 84.9 Å². The fourth-order valence-corrected chi connectivity index (χ4v) is 3.11. The number of ether oxygens (including phenoxy) is 2. The van der Waals surface area contributed by atoms with E-state index in [0.717, 1.165) is 5.56 Å². The molecule has 1 atom stereocenters. The van der Waals surface area contributed by atoms with Crippen molar-refractivity contribution in [3.63, 3.8) is 0 Å². The summed E-state index contributed by atoms with van der Waals surface area (Å²) in [6.07, 6.45) is 0.673. The molecule has 0 aliphatic heterocycles. The summed E-state index contributed by atoms with van der Waals surface area (Å²) in [6, 6.07) is 25.6. The molecule has 0 saturated heterocycles. The minimum atomic E-state index is -1.05. The lowest BCUT2D eigenvalue weighted by Crippen LogP contribution is -2.31. The number of esters is 1. The van der Waals surface area contributed by atoms with Crippen molar-refractivity contribution in [3.8, 4) is 5.75 Å². The van der Waals surface area contributed by atoms with Crippen LogP contribution in [0.1, 0.15) is 22.8 Å². The normalized spacial score (nSPS) is 12.0. The first-order chi connectivity index (χ1) is 15.0. The highest BCUT2D eigenvalue weighted by atomic mass is 16.5. The fraction of sp³-hybridized carbons (Fsp3) is 0.154. The van der Waals surface area contributed by atoms with Crippen LogP contribution in [-0.2, 0) is 14.3 Å². The van der Waals surface area contributed by atoms with Gasteiger partial charge in [-0.1, -0.05) is 78.9 Å². The molecule has 0 spiro atoms. The van der Waals surface area contributed by atoms with Gasteiger partial charge in [0.2, 0.25) is 6.10 Å². The summed E-state index contributed by atoms with van der Waals surface area (Å²) in [5.74, 6) is -0.280. The van der Waals surface area contributed by atoms with Crippen molar-refractivity contribution in [1.29, 1.82) is 0 Å². The van der Waals surface area contributed by atoms with Gasteiger partial charge in [0.05, 0.1) is 12.7 Å². The van der Waals surface area contributed by atoms with Gasteiger partial charge in [-0.3, -0.25) is 4.79 Å². The minimum Gasteiger partial charge on any atom is -0.496 e. The van der Waals surface area contributed by atoms with Gasteiger partial charge < -0.3 is 14.4 Å². The van der Waals surface area contributed by atoms with Crippen molar-refractivity contribution in [2.75, 3.05) is 21.2 Å². The zero-order chi connectivity index (χ0) is 22.2. The number of methoxy groups -OCH3 is 1. The quantitative estimate of drug-likeness (QED) is 0.321. The average molecular weight is 415 g/mol. The van der Waals surface area contributed by atoms with Gasteiger partial charge in [-0.15, -0.1) is 0 Å². The molecule has 31 heavy (non-hydrogen) atoms. The number of para-hydroxylation sites is 1. The second kappa shape index (κ2) is 10.3. The molecule has 0 aliphatic carbocycles. The molecule has 0 aromatic heterocycles. The number of amides is 1. The maximum Gasteiger partial charge on any atom is 0.339 e. The Kier molecular flexibility index (Phi) is 7.22. The summed E-state index contributed by atoms with van der Waals surface area (Å²) in [7, 11) is 4.85. The Hall–Kier alpha value is -3.86. The largest absolute Gasteiger partial charge is 0.496 e. The maximum atomic E-state index is 13.4. The van der Waals surface area contributed by atoms with E-state index in [1.165, 1.54) is 4.90 Å². The monoisotopic (exact) mass is 415 g/mol. The molecular formula is C26H25NO4. The van der Waals surface area contributed by atoms with E-state index in [-0.39, 0.29) is 5.91 Å². The molecule has 0 fully saturated rings. The van der Waals surface area contributed by atoms with Gasteiger partial charge >= 0.3 is 5.97 Å². The Balaban J connectivity index is 2.03. The zero-order valence-electron chi connectivity index (χ0n) is 17.8. The number of hydrogen-bond donors (Lipinski definition) is 0. The molecule has 1 amide bonds. The molecular weight excluding hydrogens is 390 g/mol. The van der Waals surface area contributed by atoms with Crippen molar-refractivity contribution in [1.82, 2.24) is 4.90 Å². The van der Waals surface area contributed by atoms with Gasteiger partial charge in [-0.2, -0.15) is 0 Å². The second-order valence-electron chi connectivity index (χ2n) is 7.09. The second-order valence-corrected chi connectivity index (χ2v) is 7.09. The summed E-state index contributed by atoms with van der Waals surface area (Å²) < 4.78 is 11.2. The Morgan fingerprint density at radius 1 is 0.839 bits per heavy atom. The van der Waals surface area contributed by atoms with Gasteiger partial charge in [0.25, 0.3) is 5.91 Å². The van der Waals surface area contributed by atoms with Crippen LogP contribution in [0.3, 0.4) is 0 Å². The molecule has 0 radical (unpaired) electrons. The van der Waals surface area contributed by atoms with Gasteiger partial charge in [0, 0.05) is 25.2 Å². The lowest BCUT2D eigenvalue weighted by molar-refractivity contribution is -0.155. The van der Waals surface area contributed by atoms with Crippen LogP contribution in [-0.4, -0.2) is 38.0 Å². The fourth-order valence-electron chi connectivity index (χ4n) is 3.11. The number of carbonyl (C=O) groups excluding carboxylic acids is 2. The molecule has 3 aromatic rings. The highest BCUT2D eigenvalue weighted by molar-refractivity contribution is 6.22. The molecule has 5 heteroatoms. The highest BCUT2D eigenvalue weighted by Crippen LogP contribution is 2.28. The number of likely N-dealkylation sites (N-methyl/N-ethyl adjacent to an activating group) is 1. The summed E-state index contributed by atoms with van der Waals surface area (Å²) in [6.45, 7) is 0. The number of carbonyl (C=O) groups is 2. The molecule has 3 rings (SSSR count). The van der Waals surface area contributed by atoms with Crippen LogP contribution >= 0.6 is 0 Å². The maximum absolute atomic E-state index is 13.4. The average Bonchev–Trinajstić information content (AvgIpc) is 2.81. The first-order valence-electron chi connectivity index (χ1n) is 9.88. The third kappa shape index (κ3) is 5.39. The number of benzene rings is 3. The molecule has 3 aromatic carbocycles. The van der Waals surface area contributed by atoms with E-state index in [0.29, 0.717) is 22.4 Å². The van der Waals surface area contributed by atoms with Crippen LogP contribution in [0.2, 0.25) is 0 Å². The number of hydrogen-bond acceptors (Lipinski definition) is 4. The van der Waals surface area contributed by atoms with E-state index >= 15 is 0 Å². The van der Waals surface area contributed by atoms with Gasteiger partial charge in [0.1, 0.15) is 5.75 Å². The molecule has 0 aliphatic rings. The van der Waals surface area contributed by atoms with Crippen LogP contribution in [0.25, 0.3) is 11.6 Å². The molecule has 0 bridgehead atoms. The Labute approximate surface area is 182 Å². The first-order valence-corrected chi connectivity index (χ1v) is 9.88. The highest BCUT2D eigenvalue weighted by Gasteiger charge is 2.28. The molecule has 0 unspecified atom stereocenters. The molecule has 0 saturated carbocycles. The molecule has 158 valence electrons.